The summed E-state index contributed by atoms with van der Waals surface area (Å²) in [4.78, 5) is 17.2. The Morgan fingerprint density at radius 3 is 2.68 bits per heavy atom. The van der Waals surface area contributed by atoms with Crippen LogP contribution in [-0.2, 0) is 11.2 Å². The Morgan fingerprint density at radius 2 is 2.00 bits per heavy atom. The average Bonchev–Trinajstić information content (AvgIpc) is 3.24. The third kappa shape index (κ3) is 4.62. The highest BCUT2D eigenvalue weighted by Crippen LogP contribution is 2.28. The Hall–Kier alpha value is -1.26. The van der Waals surface area contributed by atoms with Gasteiger partial charge in [-0.05, 0) is 42.8 Å². The summed E-state index contributed by atoms with van der Waals surface area (Å²) < 4.78 is 0. The summed E-state index contributed by atoms with van der Waals surface area (Å²) in [6, 6.07) is 15.1. The molecular formula is C18H21NOS2. The first-order valence-electron chi connectivity index (χ1n) is 7.82. The molecule has 0 bridgehead atoms. The van der Waals surface area contributed by atoms with Crippen molar-refractivity contribution in [3.63, 3.8) is 0 Å². The average molecular weight is 332 g/mol. The highest BCUT2D eigenvalue weighted by Gasteiger charge is 2.31. The van der Waals surface area contributed by atoms with E-state index >= 15 is 0 Å². The Kier molecular flexibility index (Phi) is 5.57. The summed E-state index contributed by atoms with van der Waals surface area (Å²) in [5.74, 6) is 1.19. The number of hydrogen-bond donors (Lipinski definition) is 0. The predicted octanol–water partition coefficient (Wildman–Crippen LogP) is 4.46. The summed E-state index contributed by atoms with van der Waals surface area (Å²) in [5.41, 5.74) is 0. The molecule has 2 aromatic rings. The molecular weight excluding hydrogens is 310 g/mol. The Balaban J connectivity index is 1.45. The van der Waals surface area contributed by atoms with Gasteiger partial charge in [-0.3, -0.25) is 4.79 Å². The molecule has 0 aliphatic heterocycles. The molecule has 1 aliphatic carbocycles. The van der Waals surface area contributed by atoms with Gasteiger partial charge in [-0.1, -0.05) is 24.3 Å². The van der Waals surface area contributed by atoms with Gasteiger partial charge in [0.2, 0.25) is 5.91 Å². The molecule has 1 aromatic carbocycles. The van der Waals surface area contributed by atoms with E-state index in [2.05, 4.69) is 34.5 Å². The molecule has 1 fully saturated rings. The summed E-state index contributed by atoms with van der Waals surface area (Å²) in [7, 11) is 0. The molecule has 0 spiro atoms. The predicted molar refractivity (Wildman–Crippen MR) is 94.5 cm³/mol. The van der Waals surface area contributed by atoms with Gasteiger partial charge in [0, 0.05) is 34.5 Å². The maximum atomic E-state index is 12.5. The van der Waals surface area contributed by atoms with Gasteiger partial charge in [0.15, 0.2) is 0 Å². The number of nitrogens with zero attached hydrogens (tertiary/aromatic N) is 1. The fourth-order valence-electron chi connectivity index (χ4n) is 2.50. The van der Waals surface area contributed by atoms with Crippen LogP contribution in [0.25, 0.3) is 0 Å². The van der Waals surface area contributed by atoms with E-state index in [0.29, 0.717) is 18.4 Å². The third-order valence-electron chi connectivity index (χ3n) is 3.82. The Labute approximate surface area is 140 Å². The quantitative estimate of drug-likeness (QED) is 0.666. The molecule has 0 saturated heterocycles. The lowest BCUT2D eigenvalue weighted by molar-refractivity contribution is -0.131. The minimum atomic E-state index is 0.322. The molecule has 0 N–H and O–H groups in total. The van der Waals surface area contributed by atoms with E-state index < -0.39 is 0 Å². The van der Waals surface area contributed by atoms with Crippen LogP contribution in [0.1, 0.15) is 24.1 Å². The maximum Gasteiger partial charge on any atom is 0.223 e. The van der Waals surface area contributed by atoms with Crippen molar-refractivity contribution in [1.29, 1.82) is 0 Å². The zero-order valence-corrected chi connectivity index (χ0v) is 14.2. The molecule has 1 heterocycles. The number of rotatable bonds is 8. The normalized spacial score (nSPS) is 14.0. The van der Waals surface area contributed by atoms with Crippen molar-refractivity contribution in [3.8, 4) is 0 Å². The van der Waals surface area contributed by atoms with Crippen molar-refractivity contribution in [2.75, 3.05) is 12.3 Å². The molecule has 3 rings (SSSR count). The van der Waals surface area contributed by atoms with Gasteiger partial charge in [0.25, 0.3) is 0 Å². The van der Waals surface area contributed by atoms with E-state index in [1.54, 1.807) is 23.1 Å². The van der Waals surface area contributed by atoms with E-state index in [1.165, 1.54) is 22.6 Å². The molecule has 4 heteroatoms. The number of thioether (sulfide) groups is 1. The molecule has 0 unspecified atom stereocenters. The van der Waals surface area contributed by atoms with Crippen molar-refractivity contribution in [2.24, 2.45) is 0 Å². The van der Waals surface area contributed by atoms with Crippen LogP contribution in [0, 0.1) is 0 Å². The maximum absolute atomic E-state index is 12.5. The van der Waals surface area contributed by atoms with Crippen molar-refractivity contribution < 1.29 is 4.79 Å². The van der Waals surface area contributed by atoms with Crippen molar-refractivity contribution in [1.82, 2.24) is 4.90 Å². The van der Waals surface area contributed by atoms with E-state index in [0.717, 1.165) is 18.7 Å². The number of benzene rings is 1. The summed E-state index contributed by atoms with van der Waals surface area (Å²) >= 11 is 3.55. The van der Waals surface area contributed by atoms with Crippen molar-refractivity contribution in [2.45, 2.75) is 36.6 Å². The second-order valence-electron chi connectivity index (χ2n) is 5.56. The van der Waals surface area contributed by atoms with Gasteiger partial charge in [0.05, 0.1) is 0 Å². The van der Waals surface area contributed by atoms with Gasteiger partial charge in [-0.15, -0.1) is 23.1 Å². The second kappa shape index (κ2) is 7.84. The molecule has 1 aliphatic rings. The second-order valence-corrected chi connectivity index (χ2v) is 7.76. The summed E-state index contributed by atoms with van der Waals surface area (Å²) in [6.07, 6.45) is 4.00. The number of hydrogen-bond acceptors (Lipinski definition) is 3. The van der Waals surface area contributed by atoms with Crippen LogP contribution in [0.15, 0.2) is 52.7 Å². The minimum absolute atomic E-state index is 0.322. The van der Waals surface area contributed by atoms with E-state index in [-0.39, 0.29) is 0 Å². The van der Waals surface area contributed by atoms with Crippen LogP contribution < -0.4 is 0 Å². The first-order valence-corrected chi connectivity index (χ1v) is 9.69. The number of carbonyl (C=O) groups is 1. The Morgan fingerprint density at radius 1 is 1.18 bits per heavy atom. The molecule has 1 aromatic heterocycles. The summed E-state index contributed by atoms with van der Waals surface area (Å²) in [5, 5.41) is 2.11. The van der Waals surface area contributed by atoms with E-state index in [9.17, 15) is 4.79 Å². The number of amides is 1. The molecule has 2 nitrogen and oxygen atoms in total. The minimum Gasteiger partial charge on any atom is -0.339 e. The molecule has 22 heavy (non-hydrogen) atoms. The molecule has 0 radical (unpaired) electrons. The third-order valence-corrected chi connectivity index (χ3v) is 5.76. The lowest BCUT2D eigenvalue weighted by Gasteiger charge is -2.22. The van der Waals surface area contributed by atoms with Gasteiger partial charge in [0.1, 0.15) is 0 Å². The van der Waals surface area contributed by atoms with Crippen molar-refractivity contribution in [3.05, 3.63) is 52.7 Å². The van der Waals surface area contributed by atoms with Crippen LogP contribution in [0.4, 0.5) is 0 Å². The first-order chi connectivity index (χ1) is 10.8. The zero-order chi connectivity index (χ0) is 15.2. The monoisotopic (exact) mass is 331 g/mol. The van der Waals surface area contributed by atoms with E-state index in [1.807, 2.05) is 18.2 Å². The van der Waals surface area contributed by atoms with Crippen LogP contribution in [-0.4, -0.2) is 29.1 Å². The molecule has 116 valence electrons. The summed E-state index contributed by atoms with van der Waals surface area (Å²) in [6.45, 7) is 0.875. The fourth-order valence-corrected chi connectivity index (χ4v) is 4.06. The topological polar surface area (TPSA) is 20.3 Å². The molecule has 0 atom stereocenters. The SMILES string of the molecule is O=C(CCSc1ccccc1)N(CCc1cccs1)C1CC1. The molecule has 1 saturated carbocycles. The van der Waals surface area contributed by atoms with Crippen LogP contribution in [0.5, 0.6) is 0 Å². The highest BCUT2D eigenvalue weighted by molar-refractivity contribution is 7.99. The van der Waals surface area contributed by atoms with Crippen LogP contribution in [0.3, 0.4) is 0 Å². The zero-order valence-electron chi connectivity index (χ0n) is 12.6. The van der Waals surface area contributed by atoms with Crippen LogP contribution in [0.2, 0.25) is 0 Å². The largest absolute Gasteiger partial charge is 0.339 e. The molecule has 1 amide bonds. The lowest BCUT2D eigenvalue weighted by atomic mass is 10.3. The number of thiophene rings is 1. The van der Waals surface area contributed by atoms with Crippen molar-refractivity contribution >= 4 is 29.0 Å². The Bertz CT molecular complexity index is 578. The van der Waals surface area contributed by atoms with Gasteiger partial charge >= 0.3 is 0 Å². The van der Waals surface area contributed by atoms with Gasteiger partial charge in [-0.25, -0.2) is 0 Å². The standard InChI is InChI=1S/C18H21NOS2/c20-18(11-14-22-16-5-2-1-3-6-16)19(15-8-9-15)12-10-17-7-4-13-21-17/h1-7,13,15H,8-12,14H2. The highest BCUT2D eigenvalue weighted by atomic mass is 32.2. The lowest BCUT2D eigenvalue weighted by Crippen LogP contribution is -2.35. The number of carbonyl (C=O) groups excluding carboxylic acids is 1. The van der Waals surface area contributed by atoms with Gasteiger partial charge in [-0.2, -0.15) is 0 Å². The first kappa shape index (κ1) is 15.6. The van der Waals surface area contributed by atoms with Crippen LogP contribution >= 0.6 is 23.1 Å². The smallest absolute Gasteiger partial charge is 0.223 e. The fraction of sp³-hybridized carbons (Fsp3) is 0.389. The van der Waals surface area contributed by atoms with E-state index in [4.69, 9.17) is 0 Å². The van der Waals surface area contributed by atoms with Gasteiger partial charge < -0.3 is 4.90 Å².